The minimum atomic E-state index is -0.412. The molecule has 1 saturated heterocycles. The molecule has 1 aliphatic heterocycles. The van der Waals surface area contributed by atoms with Gasteiger partial charge in [-0.2, -0.15) is 0 Å². The number of carbonyl (C=O) groups is 1. The number of methoxy groups -OCH3 is 1. The molecular weight excluding hydrogens is 502 g/mol. The second kappa shape index (κ2) is 11.7. The number of nitrogens with one attached hydrogen (secondary N) is 1. The summed E-state index contributed by atoms with van der Waals surface area (Å²) in [6.45, 7) is 11.0. The quantitative estimate of drug-likeness (QED) is 0.298. The molecule has 0 aliphatic carbocycles. The van der Waals surface area contributed by atoms with Gasteiger partial charge in [-0.05, 0) is 57.1 Å². The Morgan fingerprint density at radius 1 is 1.02 bits per heavy atom. The Balaban J connectivity index is 1.49. The zero-order valence-electron chi connectivity index (χ0n) is 23.9. The number of rotatable bonds is 7. The van der Waals surface area contributed by atoms with Crippen molar-refractivity contribution in [2.45, 2.75) is 33.4 Å². The number of piperazine rings is 1. The van der Waals surface area contributed by atoms with E-state index in [4.69, 9.17) is 9.15 Å². The van der Waals surface area contributed by atoms with Crippen molar-refractivity contribution >= 4 is 22.6 Å². The van der Waals surface area contributed by atoms with Crippen LogP contribution in [0, 0.1) is 13.8 Å². The zero-order valence-corrected chi connectivity index (χ0v) is 23.9. The second-order valence-electron chi connectivity index (χ2n) is 10.8. The fraction of sp³-hybridized carbons (Fsp3) is 0.333. The van der Waals surface area contributed by atoms with Gasteiger partial charge >= 0.3 is 5.97 Å². The Kier molecular flexibility index (Phi) is 8.05. The van der Waals surface area contributed by atoms with Crippen molar-refractivity contribution in [3.8, 4) is 11.3 Å². The van der Waals surface area contributed by atoms with Crippen LogP contribution in [-0.4, -0.2) is 56.1 Å². The van der Waals surface area contributed by atoms with Crippen LogP contribution in [-0.2, 0) is 11.3 Å². The molecule has 0 unspecified atom stereocenters. The molecule has 0 radical (unpaired) electrons. The Hall–Kier alpha value is -3.94. The smallest absolute Gasteiger partial charge is 0.339 e. The summed E-state index contributed by atoms with van der Waals surface area (Å²) in [6, 6.07) is 19.2. The molecule has 1 fully saturated rings. The molecule has 0 amide bonds. The number of nitrogens with zero attached hydrogens (tertiary/aromatic N) is 2. The van der Waals surface area contributed by atoms with Gasteiger partial charge in [0.05, 0.1) is 24.1 Å². The first-order valence-corrected chi connectivity index (χ1v) is 13.8. The van der Waals surface area contributed by atoms with Gasteiger partial charge < -0.3 is 19.4 Å². The highest BCUT2D eigenvalue weighted by Crippen LogP contribution is 2.33. The molecule has 2 heterocycles. The van der Waals surface area contributed by atoms with E-state index in [2.05, 4.69) is 34.3 Å². The number of benzene rings is 3. The number of anilines is 1. The van der Waals surface area contributed by atoms with E-state index in [0.717, 1.165) is 49.4 Å². The highest BCUT2D eigenvalue weighted by Gasteiger charge is 2.21. The van der Waals surface area contributed by atoms with Crippen molar-refractivity contribution in [2.75, 3.05) is 45.7 Å². The Bertz CT molecular complexity index is 1580. The van der Waals surface area contributed by atoms with Crippen molar-refractivity contribution in [2.24, 2.45) is 0 Å². The zero-order chi connectivity index (χ0) is 28.4. The monoisotopic (exact) mass is 539 g/mol. The van der Waals surface area contributed by atoms with Gasteiger partial charge in [0.1, 0.15) is 11.3 Å². The molecule has 5 rings (SSSR count). The van der Waals surface area contributed by atoms with Crippen LogP contribution in [0.3, 0.4) is 0 Å². The van der Waals surface area contributed by atoms with Crippen LogP contribution in [0.5, 0.6) is 0 Å². The third-order valence-electron chi connectivity index (χ3n) is 7.78. The molecule has 0 bridgehead atoms. The van der Waals surface area contributed by atoms with Gasteiger partial charge in [0.25, 0.3) is 0 Å². The van der Waals surface area contributed by atoms with Gasteiger partial charge in [-0.25, -0.2) is 4.79 Å². The molecule has 1 atom stereocenters. The lowest BCUT2D eigenvalue weighted by Crippen LogP contribution is -2.43. The number of hydrogen-bond donors (Lipinski definition) is 1. The van der Waals surface area contributed by atoms with E-state index in [1.54, 1.807) is 12.1 Å². The average molecular weight is 540 g/mol. The summed E-state index contributed by atoms with van der Waals surface area (Å²) in [4.78, 5) is 30.7. The van der Waals surface area contributed by atoms with Crippen LogP contribution < -0.4 is 10.7 Å². The summed E-state index contributed by atoms with van der Waals surface area (Å²) < 4.78 is 11.5. The summed E-state index contributed by atoms with van der Waals surface area (Å²) >= 11 is 0. The Morgan fingerprint density at radius 3 is 2.42 bits per heavy atom. The summed E-state index contributed by atoms with van der Waals surface area (Å²) in [7, 11) is 3.53. The van der Waals surface area contributed by atoms with Crippen LogP contribution in [0.25, 0.3) is 22.3 Å². The van der Waals surface area contributed by atoms with Crippen molar-refractivity contribution < 1.29 is 13.9 Å². The lowest BCUT2D eigenvalue weighted by Gasteiger charge is -2.32. The molecule has 7 nitrogen and oxygen atoms in total. The molecule has 208 valence electrons. The SMILES string of the molecule is COC(=O)c1ccccc1N[C@H](C)c1cc(C)cc2c(=O)c(C)c(-c3ccc(CN4CCN(C)CC4)cc3)oc12. The first-order valence-electron chi connectivity index (χ1n) is 13.8. The Morgan fingerprint density at radius 2 is 1.73 bits per heavy atom. The van der Waals surface area contributed by atoms with E-state index in [0.29, 0.717) is 33.5 Å². The highest BCUT2D eigenvalue weighted by molar-refractivity contribution is 5.95. The average Bonchev–Trinajstić information content (AvgIpc) is 2.96. The van der Waals surface area contributed by atoms with Gasteiger partial charge in [0, 0.05) is 55.1 Å². The molecular formula is C33H37N3O4. The van der Waals surface area contributed by atoms with Crippen LogP contribution in [0.1, 0.15) is 45.6 Å². The molecule has 0 saturated carbocycles. The maximum absolute atomic E-state index is 13.6. The van der Waals surface area contributed by atoms with Crippen LogP contribution in [0.2, 0.25) is 0 Å². The molecule has 1 aromatic heterocycles. The van der Waals surface area contributed by atoms with Crippen molar-refractivity contribution in [1.29, 1.82) is 0 Å². The van der Waals surface area contributed by atoms with E-state index in [1.165, 1.54) is 12.7 Å². The number of likely N-dealkylation sites (N-methyl/N-ethyl adjacent to an activating group) is 1. The topological polar surface area (TPSA) is 75.0 Å². The fourth-order valence-corrected chi connectivity index (χ4v) is 5.40. The predicted molar refractivity (Wildman–Crippen MR) is 160 cm³/mol. The highest BCUT2D eigenvalue weighted by atomic mass is 16.5. The normalized spacial score (nSPS) is 15.2. The van der Waals surface area contributed by atoms with Gasteiger partial charge in [-0.15, -0.1) is 0 Å². The van der Waals surface area contributed by atoms with Crippen LogP contribution in [0.15, 0.2) is 69.9 Å². The van der Waals surface area contributed by atoms with E-state index in [-0.39, 0.29) is 11.5 Å². The number of aryl methyl sites for hydroxylation is 1. The minimum Gasteiger partial charge on any atom is -0.465 e. The van der Waals surface area contributed by atoms with E-state index in [1.807, 2.05) is 57.2 Å². The second-order valence-corrected chi connectivity index (χ2v) is 10.8. The van der Waals surface area contributed by atoms with Crippen molar-refractivity contribution in [3.63, 3.8) is 0 Å². The standard InChI is InChI=1S/C33H37N3O4/c1-21-18-27(23(3)34-29-9-7-6-8-26(29)33(38)39-5)32-28(19-21)30(37)22(2)31(40-32)25-12-10-24(11-13-25)20-36-16-14-35(4)15-17-36/h6-13,18-19,23,34H,14-17,20H2,1-5H3/t23-/m1/s1. The lowest BCUT2D eigenvalue weighted by atomic mass is 9.98. The fourth-order valence-electron chi connectivity index (χ4n) is 5.40. The van der Waals surface area contributed by atoms with Crippen LogP contribution >= 0.6 is 0 Å². The first-order chi connectivity index (χ1) is 19.2. The van der Waals surface area contributed by atoms with Gasteiger partial charge in [-0.1, -0.05) is 42.5 Å². The van der Waals surface area contributed by atoms with E-state index >= 15 is 0 Å². The van der Waals surface area contributed by atoms with E-state index < -0.39 is 5.97 Å². The van der Waals surface area contributed by atoms with Gasteiger partial charge in [0.15, 0.2) is 5.43 Å². The van der Waals surface area contributed by atoms with E-state index in [9.17, 15) is 9.59 Å². The lowest BCUT2D eigenvalue weighted by molar-refractivity contribution is 0.0602. The maximum Gasteiger partial charge on any atom is 0.339 e. The first kappa shape index (κ1) is 27.6. The molecule has 3 aromatic carbocycles. The van der Waals surface area contributed by atoms with Crippen molar-refractivity contribution in [3.05, 3.63) is 98.7 Å². The predicted octanol–water partition coefficient (Wildman–Crippen LogP) is 5.78. The number of esters is 1. The summed E-state index contributed by atoms with van der Waals surface area (Å²) in [5.41, 5.74) is 6.13. The molecule has 4 aromatic rings. The molecule has 1 N–H and O–H groups in total. The number of para-hydroxylation sites is 1. The maximum atomic E-state index is 13.6. The number of hydrogen-bond acceptors (Lipinski definition) is 7. The number of carbonyl (C=O) groups excluding carboxylic acids is 1. The van der Waals surface area contributed by atoms with Crippen molar-refractivity contribution in [1.82, 2.24) is 9.80 Å². The molecule has 0 spiro atoms. The third-order valence-corrected chi connectivity index (χ3v) is 7.78. The summed E-state index contributed by atoms with van der Waals surface area (Å²) in [6.07, 6.45) is 0. The molecule has 40 heavy (non-hydrogen) atoms. The summed E-state index contributed by atoms with van der Waals surface area (Å²) in [5, 5.41) is 3.99. The molecule has 7 heteroatoms. The molecule has 1 aliphatic rings. The largest absolute Gasteiger partial charge is 0.465 e. The van der Waals surface area contributed by atoms with Gasteiger partial charge in [-0.3, -0.25) is 9.69 Å². The number of ether oxygens (including phenoxy) is 1. The number of fused-ring (bicyclic) bond motifs is 1. The minimum absolute atomic E-state index is 0.0372. The van der Waals surface area contributed by atoms with Gasteiger partial charge in [0.2, 0.25) is 0 Å². The van der Waals surface area contributed by atoms with Crippen LogP contribution in [0.4, 0.5) is 5.69 Å². The third kappa shape index (κ3) is 5.67. The Labute approximate surface area is 235 Å². The summed E-state index contributed by atoms with van der Waals surface area (Å²) in [5.74, 6) is 0.167.